The Hall–Kier alpha value is -2.53. The van der Waals surface area contributed by atoms with Gasteiger partial charge in [0.1, 0.15) is 5.75 Å². The fourth-order valence-corrected chi connectivity index (χ4v) is 2.42. The molecule has 26 heavy (non-hydrogen) atoms. The summed E-state index contributed by atoms with van der Waals surface area (Å²) < 4.78 is 10.7. The molecule has 0 aliphatic carbocycles. The van der Waals surface area contributed by atoms with E-state index in [1.54, 1.807) is 25.1 Å². The zero-order valence-electron chi connectivity index (χ0n) is 15.0. The van der Waals surface area contributed by atoms with E-state index in [-0.39, 0.29) is 13.0 Å². The van der Waals surface area contributed by atoms with Gasteiger partial charge in [0.15, 0.2) is 6.10 Å². The second kappa shape index (κ2) is 9.25. The summed E-state index contributed by atoms with van der Waals surface area (Å²) in [6, 6.07) is 12.8. The van der Waals surface area contributed by atoms with E-state index in [0.29, 0.717) is 16.5 Å². The molecule has 1 N–H and O–H groups in total. The summed E-state index contributed by atoms with van der Waals surface area (Å²) in [6.45, 7) is 5.47. The molecular formula is C20H22ClNO4. The highest BCUT2D eigenvalue weighted by Crippen LogP contribution is 2.23. The van der Waals surface area contributed by atoms with E-state index in [1.165, 1.54) is 6.92 Å². The van der Waals surface area contributed by atoms with Gasteiger partial charge in [0.2, 0.25) is 0 Å². The Balaban J connectivity index is 1.78. The van der Waals surface area contributed by atoms with Crippen molar-refractivity contribution >= 4 is 29.2 Å². The predicted octanol–water partition coefficient (Wildman–Crippen LogP) is 4.30. The van der Waals surface area contributed by atoms with E-state index in [1.807, 2.05) is 31.2 Å². The van der Waals surface area contributed by atoms with Crippen LogP contribution in [0.2, 0.25) is 5.02 Å². The average Bonchev–Trinajstić information content (AvgIpc) is 2.59. The second-order valence-electron chi connectivity index (χ2n) is 5.95. The van der Waals surface area contributed by atoms with E-state index in [9.17, 15) is 9.59 Å². The standard InChI is InChI=1S/C20H22ClNO4/c1-13-6-4-7-16(12-13)25-11-10-19(23)26-15(3)20(24)22-18-9-5-8-17(21)14(18)2/h4-9,12,15H,10-11H2,1-3H3,(H,22,24)/t15-/m1/s1. The number of halogens is 1. The number of carbonyl (C=O) groups is 2. The molecule has 0 unspecified atom stereocenters. The lowest BCUT2D eigenvalue weighted by molar-refractivity contribution is -0.153. The summed E-state index contributed by atoms with van der Waals surface area (Å²) in [4.78, 5) is 24.1. The third-order valence-electron chi connectivity index (χ3n) is 3.77. The molecule has 2 aromatic rings. The van der Waals surface area contributed by atoms with Crippen LogP contribution < -0.4 is 10.1 Å². The van der Waals surface area contributed by atoms with Crippen LogP contribution >= 0.6 is 11.6 Å². The lowest BCUT2D eigenvalue weighted by atomic mass is 10.2. The Labute approximate surface area is 158 Å². The Kier molecular flexibility index (Phi) is 7.04. The highest BCUT2D eigenvalue weighted by atomic mass is 35.5. The van der Waals surface area contributed by atoms with Crippen molar-refractivity contribution in [1.29, 1.82) is 0 Å². The maximum Gasteiger partial charge on any atom is 0.310 e. The molecule has 0 aliphatic heterocycles. The van der Waals surface area contributed by atoms with Gasteiger partial charge in [-0.1, -0.05) is 29.8 Å². The molecular weight excluding hydrogens is 354 g/mol. The highest BCUT2D eigenvalue weighted by Gasteiger charge is 2.18. The summed E-state index contributed by atoms with van der Waals surface area (Å²) >= 11 is 6.03. The number of rotatable bonds is 7. The van der Waals surface area contributed by atoms with E-state index in [0.717, 1.165) is 11.1 Å². The molecule has 0 saturated carbocycles. The van der Waals surface area contributed by atoms with Gasteiger partial charge in [0, 0.05) is 10.7 Å². The minimum Gasteiger partial charge on any atom is -0.493 e. The van der Waals surface area contributed by atoms with Crippen LogP contribution in [0.25, 0.3) is 0 Å². The number of anilines is 1. The molecule has 138 valence electrons. The first-order valence-electron chi connectivity index (χ1n) is 8.31. The van der Waals surface area contributed by atoms with E-state index < -0.39 is 18.0 Å². The average molecular weight is 376 g/mol. The molecule has 0 fully saturated rings. The molecule has 0 saturated heterocycles. The monoisotopic (exact) mass is 375 g/mol. The van der Waals surface area contributed by atoms with Crippen molar-refractivity contribution in [3.8, 4) is 5.75 Å². The number of benzene rings is 2. The first kappa shape index (κ1) is 19.8. The SMILES string of the molecule is Cc1cccc(OCCC(=O)O[C@H](C)C(=O)Nc2cccc(Cl)c2C)c1. The van der Waals surface area contributed by atoms with Gasteiger partial charge in [0.25, 0.3) is 5.91 Å². The molecule has 0 aliphatic rings. The Morgan fingerprint density at radius 3 is 2.62 bits per heavy atom. The lowest BCUT2D eigenvalue weighted by Crippen LogP contribution is -2.30. The van der Waals surface area contributed by atoms with Crippen LogP contribution in [-0.4, -0.2) is 24.6 Å². The van der Waals surface area contributed by atoms with Crippen LogP contribution in [0.1, 0.15) is 24.5 Å². The number of nitrogens with one attached hydrogen (secondary N) is 1. The van der Waals surface area contributed by atoms with Crippen molar-refractivity contribution in [2.45, 2.75) is 33.3 Å². The molecule has 2 rings (SSSR count). The van der Waals surface area contributed by atoms with Gasteiger partial charge in [-0.05, 0) is 56.2 Å². The maximum absolute atomic E-state index is 12.2. The third kappa shape index (κ3) is 5.77. The normalized spacial score (nSPS) is 11.5. The zero-order valence-corrected chi connectivity index (χ0v) is 15.8. The number of aryl methyl sites for hydroxylation is 1. The molecule has 6 heteroatoms. The van der Waals surface area contributed by atoms with Gasteiger partial charge in [-0.15, -0.1) is 0 Å². The van der Waals surface area contributed by atoms with Gasteiger partial charge in [0.05, 0.1) is 13.0 Å². The number of amides is 1. The first-order valence-corrected chi connectivity index (χ1v) is 8.69. The van der Waals surface area contributed by atoms with Crippen molar-refractivity contribution in [3.63, 3.8) is 0 Å². The Morgan fingerprint density at radius 2 is 1.88 bits per heavy atom. The Morgan fingerprint density at radius 1 is 1.15 bits per heavy atom. The van der Waals surface area contributed by atoms with Crippen LogP contribution in [0.5, 0.6) is 5.75 Å². The van der Waals surface area contributed by atoms with Crippen LogP contribution in [0.15, 0.2) is 42.5 Å². The minimum absolute atomic E-state index is 0.0573. The number of hydrogen-bond acceptors (Lipinski definition) is 4. The largest absolute Gasteiger partial charge is 0.493 e. The fraction of sp³-hybridized carbons (Fsp3) is 0.300. The van der Waals surface area contributed by atoms with Crippen LogP contribution in [0.3, 0.4) is 0 Å². The molecule has 0 heterocycles. The molecule has 5 nitrogen and oxygen atoms in total. The topological polar surface area (TPSA) is 64.6 Å². The van der Waals surface area contributed by atoms with Crippen molar-refractivity contribution in [1.82, 2.24) is 0 Å². The molecule has 1 atom stereocenters. The van der Waals surface area contributed by atoms with E-state index >= 15 is 0 Å². The smallest absolute Gasteiger partial charge is 0.310 e. The highest BCUT2D eigenvalue weighted by molar-refractivity contribution is 6.31. The number of carbonyl (C=O) groups excluding carboxylic acids is 2. The van der Waals surface area contributed by atoms with E-state index in [2.05, 4.69) is 5.32 Å². The molecule has 2 aromatic carbocycles. The molecule has 0 bridgehead atoms. The quantitative estimate of drug-likeness (QED) is 0.733. The molecule has 1 amide bonds. The van der Waals surface area contributed by atoms with Crippen molar-refractivity contribution < 1.29 is 19.1 Å². The Bertz CT molecular complexity index is 791. The van der Waals surface area contributed by atoms with Crippen molar-refractivity contribution in [2.75, 3.05) is 11.9 Å². The zero-order chi connectivity index (χ0) is 19.1. The second-order valence-corrected chi connectivity index (χ2v) is 6.36. The third-order valence-corrected chi connectivity index (χ3v) is 4.18. The minimum atomic E-state index is -0.917. The van der Waals surface area contributed by atoms with Gasteiger partial charge in [-0.2, -0.15) is 0 Å². The summed E-state index contributed by atoms with van der Waals surface area (Å²) in [6.07, 6.45) is -0.860. The van der Waals surface area contributed by atoms with Gasteiger partial charge in [-0.3, -0.25) is 9.59 Å². The van der Waals surface area contributed by atoms with Crippen LogP contribution in [0, 0.1) is 13.8 Å². The molecule has 0 spiro atoms. The van der Waals surface area contributed by atoms with Crippen LogP contribution in [-0.2, 0) is 14.3 Å². The first-order chi connectivity index (χ1) is 12.4. The molecule has 0 aromatic heterocycles. The summed E-state index contributed by atoms with van der Waals surface area (Å²) in [5.74, 6) is -0.216. The van der Waals surface area contributed by atoms with Gasteiger partial charge in [-0.25, -0.2) is 0 Å². The van der Waals surface area contributed by atoms with Gasteiger partial charge < -0.3 is 14.8 Å². The van der Waals surface area contributed by atoms with E-state index in [4.69, 9.17) is 21.1 Å². The predicted molar refractivity (Wildman–Crippen MR) is 102 cm³/mol. The maximum atomic E-state index is 12.2. The van der Waals surface area contributed by atoms with Gasteiger partial charge >= 0.3 is 5.97 Å². The van der Waals surface area contributed by atoms with Crippen molar-refractivity contribution in [2.24, 2.45) is 0 Å². The fourth-order valence-electron chi connectivity index (χ4n) is 2.24. The van der Waals surface area contributed by atoms with Crippen LogP contribution in [0.4, 0.5) is 5.69 Å². The molecule has 0 radical (unpaired) electrons. The summed E-state index contributed by atoms with van der Waals surface area (Å²) in [7, 11) is 0. The summed E-state index contributed by atoms with van der Waals surface area (Å²) in [5.41, 5.74) is 2.42. The number of ether oxygens (including phenoxy) is 2. The lowest BCUT2D eigenvalue weighted by Gasteiger charge is -2.15. The van der Waals surface area contributed by atoms with Crippen molar-refractivity contribution in [3.05, 3.63) is 58.6 Å². The number of esters is 1. The number of hydrogen-bond donors (Lipinski definition) is 1. The summed E-state index contributed by atoms with van der Waals surface area (Å²) in [5, 5.41) is 3.27.